The van der Waals surface area contributed by atoms with Crippen LogP contribution in [0.3, 0.4) is 0 Å². The first kappa shape index (κ1) is 18.6. The number of nitrogens with two attached hydrogens (primary N) is 1. The number of amides is 2. The Morgan fingerprint density at radius 1 is 1.08 bits per heavy atom. The van der Waals surface area contributed by atoms with Gasteiger partial charge in [-0.1, -0.05) is 23.8 Å². The minimum atomic E-state index is -3.88. The molecule has 0 fully saturated rings. The Bertz CT molecular complexity index is 923. The first-order valence-electron chi connectivity index (χ1n) is 7.45. The zero-order chi connectivity index (χ0) is 18.6. The molecule has 25 heavy (non-hydrogen) atoms. The molecule has 2 rings (SSSR count). The first-order valence-corrected chi connectivity index (χ1v) is 8.99. The predicted molar refractivity (Wildman–Crippen MR) is 94.7 cm³/mol. The summed E-state index contributed by atoms with van der Waals surface area (Å²) in [7, 11) is -3.88. The summed E-state index contributed by atoms with van der Waals surface area (Å²) in [6.45, 7) is 3.22. The highest BCUT2D eigenvalue weighted by atomic mass is 32.2. The zero-order valence-electron chi connectivity index (χ0n) is 13.9. The maximum atomic E-state index is 12.0. The van der Waals surface area contributed by atoms with Gasteiger partial charge in [-0.2, -0.15) is 0 Å². The minimum Gasteiger partial charge on any atom is -0.343 e. The Hall–Kier alpha value is -2.71. The fourth-order valence-corrected chi connectivity index (χ4v) is 3.05. The third-order valence-corrected chi connectivity index (χ3v) is 4.52. The van der Waals surface area contributed by atoms with Crippen LogP contribution in [0, 0.1) is 13.8 Å². The van der Waals surface area contributed by atoms with E-state index in [1.807, 2.05) is 13.0 Å². The van der Waals surface area contributed by atoms with E-state index in [0.717, 1.165) is 5.56 Å². The van der Waals surface area contributed by atoms with Crippen molar-refractivity contribution >= 4 is 27.5 Å². The van der Waals surface area contributed by atoms with E-state index in [0.29, 0.717) is 11.1 Å². The molecule has 0 unspecified atom stereocenters. The highest BCUT2D eigenvalue weighted by Gasteiger charge is 2.13. The number of sulfonamides is 1. The predicted octanol–water partition coefficient (Wildman–Crippen LogP) is 1.32. The summed E-state index contributed by atoms with van der Waals surface area (Å²) < 4.78 is 23.0. The summed E-state index contributed by atoms with van der Waals surface area (Å²) in [6.07, 6.45) is 0. The number of primary sulfonamides is 1. The average Bonchev–Trinajstić information content (AvgIpc) is 2.53. The molecule has 8 heteroatoms. The van der Waals surface area contributed by atoms with E-state index in [4.69, 9.17) is 5.14 Å². The van der Waals surface area contributed by atoms with Gasteiger partial charge in [0.25, 0.3) is 5.91 Å². The summed E-state index contributed by atoms with van der Waals surface area (Å²) in [4.78, 5) is 23.9. The summed E-state index contributed by atoms with van der Waals surface area (Å²) in [5.74, 6) is -0.849. The monoisotopic (exact) mass is 361 g/mol. The molecule has 2 amide bonds. The molecule has 0 aliphatic rings. The third-order valence-electron chi connectivity index (χ3n) is 3.47. The van der Waals surface area contributed by atoms with Crippen molar-refractivity contribution < 1.29 is 18.0 Å². The van der Waals surface area contributed by atoms with Gasteiger partial charge in [-0.3, -0.25) is 9.59 Å². The van der Waals surface area contributed by atoms with Crippen LogP contribution in [0.4, 0.5) is 5.69 Å². The van der Waals surface area contributed by atoms with Gasteiger partial charge in [0.2, 0.25) is 15.9 Å². The van der Waals surface area contributed by atoms with Crippen molar-refractivity contribution in [2.45, 2.75) is 18.7 Å². The lowest BCUT2D eigenvalue weighted by Gasteiger charge is -2.10. The van der Waals surface area contributed by atoms with Crippen molar-refractivity contribution in [1.82, 2.24) is 5.32 Å². The number of carbonyl (C=O) groups is 2. The van der Waals surface area contributed by atoms with Gasteiger partial charge in [-0.25, -0.2) is 13.6 Å². The molecule has 2 aromatic carbocycles. The molecule has 0 aliphatic heterocycles. The van der Waals surface area contributed by atoms with Gasteiger partial charge in [-0.15, -0.1) is 0 Å². The Balaban J connectivity index is 2.00. The summed E-state index contributed by atoms with van der Waals surface area (Å²) in [5.41, 5.74) is 2.16. The standard InChI is InChI=1S/C17H19N3O4S/c1-11-4-3-5-13(8-11)17(22)19-10-16(21)20-14-7-6-12(2)15(9-14)25(18,23)24/h3-9H,10H2,1-2H3,(H,19,22)(H,20,21)(H2,18,23,24). The van der Waals surface area contributed by atoms with E-state index < -0.39 is 15.9 Å². The molecular formula is C17H19N3O4S. The zero-order valence-corrected chi connectivity index (χ0v) is 14.7. The molecule has 4 N–H and O–H groups in total. The second kappa shape index (κ2) is 7.45. The van der Waals surface area contributed by atoms with Crippen LogP contribution in [-0.4, -0.2) is 26.8 Å². The molecule has 0 heterocycles. The topological polar surface area (TPSA) is 118 Å². The second-order valence-corrected chi connectivity index (χ2v) is 7.16. The van der Waals surface area contributed by atoms with Crippen molar-refractivity contribution in [2.75, 3.05) is 11.9 Å². The molecule has 0 spiro atoms. The van der Waals surface area contributed by atoms with Crippen LogP contribution in [0.15, 0.2) is 47.4 Å². The third kappa shape index (κ3) is 5.13. The average molecular weight is 361 g/mol. The van der Waals surface area contributed by atoms with E-state index in [2.05, 4.69) is 10.6 Å². The number of aryl methyl sites for hydroxylation is 2. The molecular weight excluding hydrogens is 342 g/mol. The van der Waals surface area contributed by atoms with E-state index in [-0.39, 0.29) is 23.0 Å². The van der Waals surface area contributed by atoms with Crippen molar-refractivity contribution in [1.29, 1.82) is 0 Å². The van der Waals surface area contributed by atoms with Crippen LogP contribution in [0.5, 0.6) is 0 Å². The van der Waals surface area contributed by atoms with Gasteiger partial charge >= 0.3 is 0 Å². The van der Waals surface area contributed by atoms with Crippen LogP contribution in [-0.2, 0) is 14.8 Å². The lowest BCUT2D eigenvalue weighted by atomic mass is 10.1. The molecule has 7 nitrogen and oxygen atoms in total. The summed E-state index contributed by atoms with van der Waals surface area (Å²) >= 11 is 0. The van der Waals surface area contributed by atoms with Gasteiger partial charge in [0, 0.05) is 11.3 Å². The van der Waals surface area contributed by atoms with E-state index in [9.17, 15) is 18.0 Å². The SMILES string of the molecule is Cc1cccc(C(=O)NCC(=O)Nc2ccc(C)c(S(N)(=O)=O)c2)c1. The maximum absolute atomic E-state index is 12.0. The number of anilines is 1. The number of carbonyl (C=O) groups excluding carboxylic acids is 2. The number of benzene rings is 2. The molecule has 0 atom stereocenters. The number of hydrogen-bond donors (Lipinski definition) is 3. The molecule has 0 saturated heterocycles. The normalized spacial score (nSPS) is 11.0. The highest BCUT2D eigenvalue weighted by molar-refractivity contribution is 7.89. The van der Waals surface area contributed by atoms with Crippen LogP contribution in [0.1, 0.15) is 21.5 Å². The van der Waals surface area contributed by atoms with Crippen LogP contribution < -0.4 is 15.8 Å². The van der Waals surface area contributed by atoms with Crippen LogP contribution in [0.25, 0.3) is 0 Å². The molecule has 0 bridgehead atoms. The smallest absolute Gasteiger partial charge is 0.251 e. The summed E-state index contributed by atoms with van der Waals surface area (Å²) in [6, 6.07) is 11.4. The van der Waals surface area contributed by atoms with Gasteiger partial charge in [0.15, 0.2) is 0 Å². The largest absolute Gasteiger partial charge is 0.343 e. The molecule has 0 saturated carbocycles. The lowest BCUT2D eigenvalue weighted by Crippen LogP contribution is -2.32. The quantitative estimate of drug-likeness (QED) is 0.744. The Morgan fingerprint density at radius 3 is 2.44 bits per heavy atom. The maximum Gasteiger partial charge on any atom is 0.251 e. The summed E-state index contributed by atoms with van der Waals surface area (Å²) in [5, 5.41) is 10.2. The Morgan fingerprint density at radius 2 is 1.80 bits per heavy atom. The van der Waals surface area contributed by atoms with Crippen LogP contribution >= 0.6 is 0 Å². The number of nitrogens with one attached hydrogen (secondary N) is 2. The number of rotatable bonds is 5. The van der Waals surface area contributed by atoms with E-state index in [1.54, 1.807) is 37.3 Å². The van der Waals surface area contributed by atoms with Gasteiger partial charge in [-0.05, 0) is 43.7 Å². The fourth-order valence-electron chi connectivity index (χ4n) is 2.24. The molecule has 0 aromatic heterocycles. The first-order chi connectivity index (χ1) is 11.7. The van der Waals surface area contributed by atoms with Crippen molar-refractivity contribution in [2.24, 2.45) is 5.14 Å². The highest BCUT2D eigenvalue weighted by Crippen LogP contribution is 2.18. The Labute approximate surface area is 146 Å². The van der Waals surface area contributed by atoms with E-state index in [1.165, 1.54) is 6.07 Å². The molecule has 0 radical (unpaired) electrons. The van der Waals surface area contributed by atoms with Crippen LogP contribution in [0.2, 0.25) is 0 Å². The van der Waals surface area contributed by atoms with Gasteiger partial charge in [0.1, 0.15) is 0 Å². The van der Waals surface area contributed by atoms with Crippen molar-refractivity contribution in [3.05, 3.63) is 59.2 Å². The van der Waals surface area contributed by atoms with Crippen molar-refractivity contribution in [3.63, 3.8) is 0 Å². The second-order valence-electron chi connectivity index (χ2n) is 5.63. The van der Waals surface area contributed by atoms with Crippen molar-refractivity contribution in [3.8, 4) is 0 Å². The van der Waals surface area contributed by atoms with E-state index >= 15 is 0 Å². The minimum absolute atomic E-state index is 0.0610. The number of hydrogen-bond acceptors (Lipinski definition) is 4. The van der Waals surface area contributed by atoms with Gasteiger partial charge < -0.3 is 10.6 Å². The fraction of sp³-hybridized carbons (Fsp3) is 0.176. The Kier molecular flexibility index (Phi) is 5.55. The molecule has 0 aliphatic carbocycles. The molecule has 2 aromatic rings. The van der Waals surface area contributed by atoms with Gasteiger partial charge in [0.05, 0.1) is 11.4 Å². The lowest BCUT2D eigenvalue weighted by molar-refractivity contribution is -0.115. The molecule has 132 valence electrons.